The second kappa shape index (κ2) is 10.1. The zero-order chi connectivity index (χ0) is 22.4. The van der Waals surface area contributed by atoms with Crippen molar-refractivity contribution in [2.45, 2.75) is 6.54 Å². The van der Waals surface area contributed by atoms with Crippen molar-refractivity contribution in [1.82, 2.24) is 10.6 Å². The molecule has 3 rings (SSSR count). The van der Waals surface area contributed by atoms with Crippen LogP contribution < -0.4 is 10.6 Å². The highest BCUT2D eigenvalue weighted by Crippen LogP contribution is 2.20. The van der Waals surface area contributed by atoms with Gasteiger partial charge >= 0.3 is 5.97 Å². The van der Waals surface area contributed by atoms with Crippen LogP contribution in [0.1, 0.15) is 31.2 Å². The normalized spacial score (nSPS) is 11.1. The third-order valence-electron chi connectivity index (χ3n) is 4.15. The lowest BCUT2D eigenvalue weighted by Gasteiger charge is -2.10. The summed E-state index contributed by atoms with van der Waals surface area (Å²) in [6.07, 6.45) is 1.38. The summed E-state index contributed by atoms with van der Waals surface area (Å²) in [5.74, 6) is -2.14. The third-order valence-corrected chi connectivity index (χ3v) is 5.62. The highest BCUT2D eigenvalue weighted by atomic mass is 79.9. The lowest BCUT2D eigenvalue weighted by Crippen LogP contribution is -2.28. The number of carbonyl (C=O) groups excluding carboxylic acids is 2. The molecule has 2 amide bonds. The average molecular weight is 501 g/mol. The Morgan fingerprint density at radius 1 is 1.03 bits per heavy atom. The van der Waals surface area contributed by atoms with Crippen LogP contribution >= 0.6 is 27.3 Å². The van der Waals surface area contributed by atoms with Gasteiger partial charge in [-0.3, -0.25) is 9.59 Å². The van der Waals surface area contributed by atoms with Gasteiger partial charge in [0.05, 0.1) is 5.56 Å². The van der Waals surface area contributed by atoms with Gasteiger partial charge in [0, 0.05) is 21.5 Å². The molecular weight excluding hydrogens is 484 g/mol. The fourth-order valence-corrected chi connectivity index (χ4v) is 3.86. The summed E-state index contributed by atoms with van der Waals surface area (Å²) in [5, 5.41) is 25.8. The first-order valence-electron chi connectivity index (χ1n) is 8.99. The molecule has 0 bridgehead atoms. The summed E-state index contributed by atoms with van der Waals surface area (Å²) in [6, 6.07) is 14.4. The molecule has 0 aliphatic carbocycles. The van der Waals surface area contributed by atoms with E-state index in [2.05, 4.69) is 26.6 Å². The van der Waals surface area contributed by atoms with Crippen molar-refractivity contribution < 1.29 is 24.6 Å². The molecule has 0 saturated heterocycles. The minimum Gasteiger partial charge on any atom is -0.508 e. The smallest absolute Gasteiger partial charge is 0.352 e. The monoisotopic (exact) mass is 500 g/mol. The quantitative estimate of drug-likeness (QED) is 0.366. The van der Waals surface area contributed by atoms with E-state index in [1.54, 1.807) is 35.7 Å². The fraction of sp³-hybridized carbons (Fsp3) is 0.0455. The number of carboxylic acid groups (broad SMARTS) is 1. The summed E-state index contributed by atoms with van der Waals surface area (Å²) in [5.41, 5.74) is 0.980. The number of benzene rings is 2. The van der Waals surface area contributed by atoms with Crippen LogP contribution in [-0.4, -0.2) is 28.0 Å². The molecule has 0 saturated carbocycles. The van der Waals surface area contributed by atoms with Gasteiger partial charge in [-0.25, -0.2) is 4.79 Å². The summed E-state index contributed by atoms with van der Waals surface area (Å²) in [4.78, 5) is 37.1. The van der Waals surface area contributed by atoms with Crippen molar-refractivity contribution in [2.75, 3.05) is 0 Å². The average Bonchev–Trinajstić information content (AvgIpc) is 3.24. The first-order valence-corrected chi connectivity index (χ1v) is 10.7. The highest BCUT2D eigenvalue weighted by Gasteiger charge is 2.17. The van der Waals surface area contributed by atoms with Crippen LogP contribution in [0.4, 0.5) is 0 Å². The van der Waals surface area contributed by atoms with Crippen molar-refractivity contribution in [2.24, 2.45) is 0 Å². The maximum Gasteiger partial charge on any atom is 0.352 e. The molecule has 9 heteroatoms. The Kier molecular flexibility index (Phi) is 7.22. The Bertz CT molecular complexity index is 1160. The number of carbonyl (C=O) groups is 3. The molecule has 2 aromatic carbocycles. The Morgan fingerprint density at radius 2 is 1.84 bits per heavy atom. The van der Waals surface area contributed by atoms with E-state index in [0.29, 0.717) is 14.9 Å². The zero-order valence-electron chi connectivity index (χ0n) is 16.0. The summed E-state index contributed by atoms with van der Waals surface area (Å²) >= 11 is 4.62. The maximum absolute atomic E-state index is 12.6. The summed E-state index contributed by atoms with van der Waals surface area (Å²) in [7, 11) is 0. The molecule has 0 radical (unpaired) electrons. The number of amides is 2. The van der Waals surface area contributed by atoms with Gasteiger partial charge in [0.15, 0.2) is 0 Å². The number of hydrogen-bond donors (Lipinski definition) is 4. The van der Waals surface area contributed by atoms with Crippen molar-refractivity contribution in [3.05, 3.63) is 91.7 Å². The molecule has 0 aliphatic rings. The van der Waals surface area contributed by atoms with Gasteiger partial charge in [0.2, 0.25) is 0 Å². The number of rotatable bonds is 7. The molecule has 0 aliphatic heterocycles. The second-order valence-corrected chi connectivity index (χ2v) is 8.21. The lowest BCUT2D eigenvalue weighted by atomic mass is 10.1. The molecule has 3 aromatic rings. The van der Waals surface area contributed by atoms with Crippen LogP contribution in [0.15, 0.2) is 70.1 Å². The standard InChI is InChI=1S/C22H17BrN2O5S/c23-18-10-14(20(27)24-12-13-3-1-4-15(26)9-13)6-7-17(18)21(28)25-19(22(29)30)11-16-5-2-8-31-16/h1-11,26H,12H2,(H,24,27)(H,25,28)(H,29,30). The molecule has 0 spiro atoms. The minimum atomic E-state index is -1.26. The number of hydrogen-bond acceptors (Lipinski definition) is 5. The molecular formula is C22H17BrN2O5S. The predicted octanol–water partition coefficient (Wildman–Crippen LogP) is 4.00. The van der Waals surface area contributed by atoms with Gasteiger partial charge in [-0.2, -0.15) is 0 Å². The van der Waals surface area contributed by atoms with E-state index in [0.717, 1.165) is 5.56 Å². The highest BCUT2D eigenvalue weighted by molar-refractivity contribution is 9.10. The number of aliphatic carboxylic acids is 1. The van der Waals surface area contributed by atoms with Crippen LogP contribution in [0.2, 0.25) is 0 Å². The van der Waals surface area contributed by atoms with Crippen molar-refractivity contribution in [3.8, 4) is 5.75 Å². The first kappa shape index (κ1) is 22.3. The molecule has 4 N–H and O–H groups in total. The van der Waals surface area contributed by atoms with E-state index < -0.39 is 11.9 Å². The van der Waals surface area contributed by atoms with Crippen LogP contribution in [-0.2, 0) is 11.3 Å². The van der Waals surface area contributed by atoms with Gasteiger partial charge in [0.1, 0.15) is 11.4 Å². The SMILES string of the molecule is O=C(O)C(=Cc1cccs1)NC(=O)c1ccc(C(=O)NCc2cccc(O)c2)cc1Br. The number of thiophene rings is 1. The van der Waals surface area contributed by atoms with Gasteiger partial charge in [0.25, 0.3) is 11.8 Å². The Morgan fingerprint density at radius 3 is 2.48 bits per heavy atom. The third kappa shape index (κ3) is 6.03. The van der Waals surface area contributed by atoms with E-state index in [1.807, 2.05) is 0 Å². The van der Waals surface area contributed by atoms with Crippen molar-refractivity contribution >= 4 is 51.1 Å². The Labute approximate surface area is 190 Å². The number of phenols is 1. The minimum absolute atomic E-state index is 0.110. The van der Waals surface area contributed by atoms with Crippen LogP contribution in [0, 0.1) is 0 Å². The van der Waals surface area contributed by atoms with Gasteiger partial charge in [-0.15, -0.1) is 11.3 Å². The summed E-state index contributed by atoms with van der Waals surface area (Å²) < 4.78 is 0.343. The Balaban J connectivity index is 1.69. The molecule has 1 heterocycles. The molecule has 0 fully saturated rings. The fourth-order valence-electron chi connectivity index (χ4n) is 2.65. The molecule has 1 aromatic heterocycles. The van der Waals surface area contributed by atoms with E-state index in [9.17, 15) is 24.6 Å². The summed E-state index contributed by atoms with van der Waals surface area (Å²) in [6.45, 7) is 0.225. The van der Waals surface area contributed by atoms with Gasteiger partial charge < -0.3 is 20.8 Å². The van der Waals surface area contributed by atoms with Crippen molar-refractivity contribution in [3.63, 3.8) is 0 Å². The number of carboxylic acids is 1. The first-order chi connectivity index (χ1) is 14.8. The topological polar surface area (TPSA) is 116 Å². The molecule has 158 valence electrons. The van der Waals surface area contributed by atoms with Gasteiger partial charge in [-0.05, 0) is 69.3 Å². The zero-order valence-corrected chi connectivity index (χ0v) is 18.4. The number of aromatic hydroxyl groups is 1. The van der Waals surface area contributed by atoms with E-state index >= 15 is 0 Å². The second-order valence-electron chi connectivity index (χ2n) is 6.38. The Hall–Kier alpha value is -3.43. The van der Waals surface area contributed by atoms with Crippen LogP contribution in [0.5, 0.6) is 5.75 Å². The van der Waals surface area contributed by atoms with Crippen LogP contribution in [0.3, 0.4) is 0 Å². The van der Waals surface area contributed by atoms with E-state index in [1.165, 1.54) is 41.7 Å². The molecule has 0 unspecified atom stereocenters. The predicted molar refractivity (Wildman–Crippen MR) is 121 cm³/mol. The van der Waals surface area contributed by atoms with Crippen molar-refractivity contribution in [1.29, 1.82) is 0 Å². The maximum atomic E-state index is 12.6. The number of phenolic OH excluding ortho intramolecular Hbond substituents is 1. The molecule has 7 nitrogen and oxygen atoms in total. The number of nitrogens with one attached hydrogen (secondary N) is 2. The van der Waals surface area contributed by atoms with Gasteiger partial charge in [-0.1, -0.05) is 18.2 Å². The molecule has 0 atom stereocenters. The largest absolute Gasteiger partial charge is 0.508 e. The molecule has 31 heavy (non-hydrogen) atoms. The van der Waals surface area contributed by atoms with Crippen LogP contribution in [0.25, 0.3) is 6.08 Å². The number of halogens is 1. The van der Waals surface area contributed by atoms with E-state index in [4.69, 9.17) is 0 Å². The van der Waals surface area contributed by atoms with E-state index in [-0.39, 0.29) is 29.5 Å². The lowest BCUT2D eigenvalue weighted by molar-refractivity contribution is -0.132.